The number of hydrogen-bond acceptors (Lipinski definition) is 4. The van der Waals surface area contributed by atoms with Crippen LogP contribution in [-0.2, 0) is 9.53 Å². The molecule has 1 N–H and O–H groups in total. The minimum absolute atomic E-state index is 0.0257. The number of nitrogens with zero attached hydrogens (tertiary/aromatic N) is 1. The molecule has 72 valence electrons. The molecule has 1 amide bonds. The maximum Gasteiger partial charge on any atom is 0.301 e. The van der Waals surface area contributed by atoms with Gasteiger partial charge in [-0.05, 0) is 13.8 Å². The van der Waals surface area contributed by atoms with Crippen molar-refractivity contribution in [1.29, 1.82) is 0 Å². The van der Waals surface area contributed by atoms with E-state index in [1.54, 1.807) is 6.92 Å². The number of ether oxygens (including phenoxy) is 1. The highest BCUT2D eigenvalue weighted by Crippen LogP contribution is 2.05. The lowest BCUT2D eigenvalue weighted by Crippen LogP contribution is -2.18. The molecule has 1 heterocycles. The van der Waals surface area contributed by atoms with Crippen molar-refractivity contribution >= 4 is 11.9 Å². The highest BCUT2D eigenvalue weighted by molar-refractivity contribution is 5.89. The van der Waals surface area contributed by atoms with E-state index in [4.69, 9.17) is 9.15 Å². The van der Waals surface area contributed by atoms with Crippen molar-refractivity contribution in [3.05, 3.63) is 12.0 Å². The molecule has 0 atom stereocenters. The van der Waals surface area contributed by atoms with Gasteiger partial charge in [0, 0.05) is 6.61 Å². The van der Waals surface area contributed by atoms with E-state index in [1.807, 2.05) is 6.92 Å². The number of carbonyl (C=O) groups is 1. The van der Waals surface area contributed by atoms with Crippen LogP contribution in [0.4, 0.5) is 6.01 Å². The maximum atomic E-state index is 11.0. The zero-order valence-electron chi connectivity index (χ0n) is 7.66. The van der Waals surface area contributed by atoms with Crippen molar-refractivity contribution < 1.29 is 13.9 Å². The first-order valence-electron chi connectivity index (χ1n) is 4.02. The molecule has 0 spiro atoms. The summed E-state index contributed by atoms with van der Waals surface area (Å²) in [5.74, 6) is -0.260. The molecule has 1 aromatic rings. The van der Waals surface area contributed by atoms with Crippen molar-refractivity contribution in [2.45, 2.75) is 13.8 Å². The summed E-state index contributed by atoms with van der Waals surface area (Å²) in [6, 6.07) is 0.210. The first-order chi connectivity index (χ1) is 6.22. The highest BCUT2D eigenvalue weighted by atomic mass is 16.5. The average Bonchev–Trinajstić information content (AvgIpc) is 2.48. The largest absolute Gasteiger partial charge is 0.432 e. The first kappa shape index (κ1) is 9.73. The fraction of sp³-hybridized carbons (Fsp3) is 0.500. The molecule has 0 aliphatic carbocycles. The van der Waals surface area contributed by atoms with Crippen LogP contribution in [0.2, 0.25) is 0 Å². The van der Waals surface area contributed by atoms with E-state index in [0.29, 0.717) is 6.61 Å². The second-order valence-electron chi connectivity index (χ2n) is 2.48. The third kappa shape index (κ3) is 3.25. The molecular formula is C8H12N2O3. The summed E-state index contributed by atoms with van der Waals surface area (Å²) < 4.78 is 9.81. The van der Waals surface area contributed by atoms with Crippen molar-refractivity contribution in [3.63, 3.8) is 0 Å². The normalized spacial score (nSPS) is 10.0. The third-order valence-electron chi connectivity index (χ3n) is 1.30. The van der Waals surface area contributed by atoms with E-state index in [-0.39, 0.29) is 18.5 Å². The second-order valence-corrected chi connectivity index (χ2v) is 2.48. The highest BCUT2D eigenvalue weighted by Gasteiger charge is 2.05. The van der Waals surface area contributed by atoms with Crippen LogP contribution in [0.25, 0.3) is 0 Å². The van der Waals surface area contributed by atoms with Crippen LogP contribution in [-0.4, -0.2) is 24.1 Å². The van der Waals surface area contributed by atoms with Gasteiger partial charge < -0.3 is 9.15 Å². The summed E-state index contributed by atoms with van der Waals surface area (Å²) in [6.45, 7) is 4.14. The summed E-state index contributed by atoms with van der Waals surface area (Å²) >= 11 is 0. The Kier molecular flexibility index (Phi) is 3.45. The number of anilines is 1. The number of nitrogens with one attached hydrogen (secondary N) is 1. The van der Waals surface area contributed by atoms with Crippen LogP contribution in [0.1, 0.15) is 12.6 Å². The Bertz CT molecular complexity index is 283. The monoisotopic (exact) mass is 184 g/mol. The van der Waals surface area contributed by atoms with Crippen LogP contribution in [0.5, 0.6) is 0 Å². The van der Waals surface area contributed by atoms with Gasteiger partial charge in [0.05, 0.1) is 5.69 Å². The average molecular weight is 184 g/mol. The van der Waals surface area contributed by atoms with Gasteiger partial charge in [-0.1, -0.05) is 0 Å². The Balaban J connectivity index is 2.36. The Morgan fingerprint density at radius 1 is 1.77 bits per heavy atom. The summed E-state index contributed by atoms with van der Waals surface area (Å²) in [5, 5.41) is 2.46. The molecule has 13 heavy (non-hydrogen) atoms. The summed E-state index contributed by atoms with van der Waals surface area (Å²) in [6.07, 6.45) is 1.47. The van der Waals surface area contributed by atoms with E-state index >= 15 is 0 Å². The number of amides is 1. The van der Waals surface area contributed by atoms with Crippen molar-refractivity contribution in [2.75, 3.05) is 18.5 Å². The Labute approximate surface area is 76.1 Å². The lowest BCUT2D eigenvalue weighted by molar-refractivity contribution is -0.120. The molecule has 5 nitrogen and oxygen atoms in total. The minimum atomic E-state index is -0.260. The summed E-state index contributed by atoms with van der Waals surface area (Å²) in [7, 11) is 0. The molecule has 0 aromatic carbocycles. The molecule has 0 saturated heterocycles. The van der Waals surface area contributed by atoms with Crippen molar-refractivity contribution in [1.82, 2.24) is 4.98 Å². The van der Waals surface area contributed by atoms with E-state index in [9.17, 15) is 4.79 Å². The smallest absolute Gasteiger partial charge is 0.301 e. The molecular weight excluding hydrogens is 172 g/mol. The van der Waals surface area contributed by atoms with Gasteiger partial charge in [-0.15, -0.1) is 0 Å². The number of oxazole rings is 1. The van der Waals surface area contributed by atoms with Gasteiger partial charge in [0.25, 0.3) is 5.91 Å². The van der Waals surface area contributed by atoms with Gasteiger partial charge in [0.15, 0.2) is 0 Å². The fourth-order valence-corrected chi connectivity index (χ4v) is 0.761. The Morgan fingerprint density at radius 3 is 3.08 bits per heavy atom. The summed E-state index contributed by atoms with van der Waals surface area (Å²) in [5.41, 5.74) is 0.728. The van der Waals surface area contributed by atoms with E-state index in [1.165, 1.54) is 6.26 Å². The topological polar surface area (TPSA) is 64.4 Å². The molecule has 1 rings (SSSR count). The molecule has 0 fully saturated rings. The van der Waals surface area contributed by atoms with E-state index < -0.39 is 0 Å². The molecule has 1 aromatic heterocycles. The van der Waals surface area contributed by atoms with Gasteiger partial charge in [0.1, 0.15) is 12.9 Å². The Hall–Kier alpha value is -1.36. The first-order valence-corrected chi connectivity index (χ1v) is 4.02. The molecule has 5 heteroatoms. The van der Waals surface area contributed by atoms with E-state index in [2.05, 4.69) is 10.3 Å². The molecule has 0 aliphatic heterocycles. The van der Waals surface area contributed by atoms with E-state index in [0.717, 1.165) is 5.69 Å². The van der Waals surface area contributed by atoms with Crippen molar-refractivity contribution in [3.8, 4) is 0 Å². The number of aromatic nitrogens is 1. The molecule has 0 bridgehead atoms. The van der Waals surface area contributed by atoms with Gasteiger partial charge in [-0.25, -0.2) is 0 Å². The molecule has 0 aliphatic rings. The number of carbonyl (C=O) groups excluding carboxylic acids is 1. The summed E-state index contributed by atoms with van der Waals surface area (Å²) in [4.78, 5) is 14.9. The lowest BCUT2D eigenvalue weighted by Gasteiger charge is -1.99. The van der Waals surface area contributed by atoms with Crippen LogP contribution < -0.4 is 5.32 Å². The molecule has 0 radical (unpaired) electrons. The van der Waals surface area contributed by atoms with Gasteiger partial charge in [-0.3, -0.25) is 10.1 Å². The zero-order chi connectivity index (χ0) is 9.68. The van der Waals surface area contributed by atoms with Gasteiger partial charge in [0.2, 0.25) is 0 Å². The van der Waals surface area contributed by atoms with Gasteiger partial charge >= 0.3 is 6.01 Å². The Morgan fingerprint density at radius 2 is 2.54 bits per heavy atom. The minimum Gasteiger partial charge on any atom is -0.432 e. The number of aryl methyl sites for hydroxylation is 1. The quantitative estimate of drug-likeness (QED) is 0.756. The number of hydrogen-bond donors (Lipinski definition) is 1. The van der Waals surface area contributed by atoms with Crippen LogP contribution >= 0.6 is 0 Å². The standard InChI is InChI=1S/C8H12N2O3/c1-3-12-5-7(11)10-8-9-6(2)4-13-8/h4H,3,5H2,1-2H3,(H,9,10,11). The second kappa shape index (κ2) is 4.61. The predicted octanol–water partition coefficient (Wildman–Crippen LogP) is 0.958. The van der Waals surface area contributed by atoms with Crippen molar-refractivity contribution in [2.24, 2.45) is 0 Å². The fourth-order valence-electron chi connectivity index (χ4n) is 0.761. The van der Waals surface area contributed by atoms with Crippen LogP contribution in [0.3, 0.4) is 0 Å². The van der Waals surface area contributed by atoms with Crippen LogP contribution in [0, 0.1) is 6.92 Å². The van der Waals surface area contributed by atoms with Crippen LogP contribution in [0.15, 0.2) is 10.7 Å². The van der Waals surface area contributed by atoms with Gasteiger partial charge in [-0.2, -0.15) is 4.98 Å². The SMILES string of the molecule is CCOCC(=O)Nc1nc(C)co1. The maximum absolute atomic E-state index is 11.0. The molecule has 0 saturated carbocycles. The predicted molar refractivity (Wildman–Crippen MR) is 46.4 cm³/mol. The lowest BCUT2D eigenvalue weighted by atomic mass is 10.6. The molecule has 0 unspecified atom stereocenters. The third-order valence-corrected chi connectivity index (χ3v) is 1.30. The zero-order valence-corrected chi connectivity index (χ0v) is 7.66. The number of rotatable bonds is 4.